The van der Waals surface area contributed by atoms with E-state index in [4.69, 9.17) is 5.14 Å². The second kappa shape index (κ2) is 8.63. The van der Waals surface area contributed by atoms with Crippen molar-refractivity contribution in [2.75, 3.05) is 18.0 Å². The Morgan fingerprint density at radius 1 is 0.971 bits per heavy atom. The molecule has 0 radical (unpaired) electrons. The molecule has 1 saturated heterocycles. The first kappa shape index (κ1) is 22.7. The smallest absolute Gasteiger partial charge is 0.268 e. The van der Waals surface area contributed by atoms with Gasteiger partial charge in [0, 0.05) is 5.56 Å². The fraction of sp³-hybridized carbons (Fsp3) is 0.269. The van der Waals surface area contributed by atoms with Gasteiger partial charge in [0.25, 0.3) is 5.91 Å². The number of piperidine rings is 1. The van der Waals surface area contributed by atoms with Crippen LogP contribution in [-0.2, 0) is 27.0 Å². The van der Waals surface area contributed by atoms with Crippen LogP contribution in [0.4, 0.5) is 5.69 Å². The normalized spacial score (nSPS) is 21.0. The zero-order valence-corrected chi connectivity index (χ0v) is 19.5. The number of nitrogens with zero attached hydrogens (tertiary/aromatic N) is 1. The van der Waals surface area contributed by atoms with Gasteiger partial charge in [-0.3, -0.25) is 4.79 Å². The number of hydrogen-bond acceptors (Lipinski definition) is 5. The quantitative estimate of drug-likeness (QED) is 0.523. The molecule has 3 aromatic carbocycles. The molecule has 0 bridgehead atoms. The van der Waals surface area contributed by atoms with Gasteiger partial charge >= 0.3 is 0 Å². The van der Waals surface area contributed by atoms with Gasteiger partial charge in [-0.2, -0.15) is 0 Å². The number of amides is 1. The summed E-state index contributed by atoms with van der Waals surface area (Å²) in [7, 11) is -3.88. The van der Waals surface area contributed by atoms with E-state index < -0.39 is 21.5 Å². The molecule has 2 aliphatic heterocycles. The minimum atomic E-state index is -3.88. The highest BCUT2D eigenvalue weighted by atomic mass is 32.2. The van der Waals surface area contributed by atoms with Gasteiger partial charge < -0.3 is 15.3 Å². The van der Waals surface area contributed by atoms with Crippen molar-refractivity contribution in [1.82, 2.24) is 5.32 Å². The van der Waals surface area contributed by atoms with E-state index in [1.165, 1.54) is 29.8 Å². The van der Waals surface area contributed by atoms with Crippen molar-refractivity contribution in [3.63, 3.8) is 0 Å². The summed E-state index contributed by atoms with van der Waals surface area (Å²) in [6.45, 7) is 2.38. The Morgan fingerprint density at radius 2 is 1.62 bits per heavy atom. The first-order valence-corrected chi connectivity index (χ1v) is 12.9. The number of aliphatic hydroxyl groups is 1. The summed E-state index contributed by atoms with van der Waals surface area (Å²) in [5.41, 5.74) is 1.76. The van der Waals surface area contributed by atoms with Crippen LogP contribution in [0.5, 0.6) is 0 Å². The van der Waals surface area contributed by atoms with Crippen LogP contribution in [0.2, 0.25) is 0 Å². The predicted octanol–water partition coefficient (Wildman–Crippen LogP) is 2.58. The van der Waals surface area contributed by atoms with Crippen molar-refractivity contribution in [2.24, 2.45) is 5.14 Å². The van der Waals surface area contributed by atoms with Gasteiger partial charge in [-0.1, -0.05) is 54.6 Å². The lowest BCUT2D eigenvalue weighted by molar-refractivity contribution is -0.132. The number of primary sulfonamides is 1. The molecule has 0 spiro atoms. The van der Waals surface area contributed by atoms with Crippen molar-refractivity contribution >= 4 is 21.6 Å². The van der Waals surface area contributed by atoms with Crippen molar-refractivity contribution in [2.45, 2.75) is 35.8 Å². The van der Waals surface area contributed by atoms with Gasteiger partial charge in [-0.05, 0) is 66.7 Å². The fourth-order valence-electron chi connectivity index (χ4n) is 4.99. The molecule has 1 fully saturated rings. The molecule has 2 aliphatic rings. The molecule has 0 saturated carbocycles. The summed E-state index contributed by atoms with van der Waals surface area (Å²) in [5.74, 6) is 0.0781. The highest BCUT2D eigenvalue weighted by Gasteiger charge is 2.50. The molecule has 3 aromatic rings. The fourth-order valence-corrected chi connectivity index (χ4v) is 5.51. The Bertz CT molecular complexity index is 1320. The summed E-state index contributed by atoms with van der Waals surface area (Å²) < 4.78 is 23.3. The number of carbonyl (C=O) groups excluding carboxylic acids is 1. The van der Waals surface area contributed by atoms with Gasteiger partial charge in [0.15, 0.2) is 5.60 Å². The van der Waals surface area contributed by atoms with E-state index in [-0.39, 0.29) is 4.90 Å². The van der Waals surface area contributed by atoms with E-state index in [0.717, 1.165) is 31.5 Å². The Labute approximate surface area is 199 Å². The summed E-state index contributed by atoms with van der Waals surface area (Å²) in [5, 5.41) is 20.2. The molecule has 5 rings (SSSR count). The number of fused-ring (bicyclic) bond motifs is 1. The lowest BCUT2D eigenvalue weighted by Crippen LogP contribution is -2.40. The monoisotopic (exact) mass is 477 g/mol. The number of sulfonamides is 1. The van der Waals surface area contributed by atoms with Gasteiger partial charge in [-0.25, -0.2) is 13.6 Å². The van der Waals surface area contributed by atoms with Crippen LogP contribution in [0.15, 0.2) is 77.7 Å². The molecular weight excluding hydrogens is 450 g/mol. The zero-order valence-electron chi connectivity index (χ0n) is 18.6. The molecule has 4 N–H and O–H groups in total. The first-order valence-electron chi connectivity index (χ1n) is 11.4. The molecule has 8 heteroatoms. The number of para-hydroxylation sites is 1. The molecular formula is C26H27N3O4S. The molecule has 176 valence electrons. The molecule has 1 unspecified atom stereocenters. The average molecular weight is 478 g/mol. The lowest BCUT2D eigenvalue weighted by atomic mass is 9.87. The third-order valence-corrected chi connectivity index (χ3v) is 7.80. The van der Waals surface area contributed by atoms with Crippen molar-refractivity contribution in [1.29, 1.82) is 0 Å². The predicted molar refractivity (Wildman–Crippen MR) is 130 cm³/mol. The zero-order chi connectivity index (χ0) is 23.9. The van der Waals surface area contributed by atoms with E-state index in [2.05, 4.69) is 17.4 Å². The number of carbonyl (C=O) groups is 1. The van der Waals surface area contributed by atoms with E-state index in [0.29, 0.717) is 29.3 Å². The number of anilines is 1. The van der Waals surface area contributed by atoms with Gasteiger partial charge in [0.2, 0.25) is 10.0 Å². The Morgan fingerprint density at radius 3 is 2.26 bits per heavy atom. The lowest BCUT2D eigenvalue weighted by Gasteiger charge is -2.25. The van der Waals surface area contributed by atoms with E-state index >= 15 is 0 Å². The molecule has 1 atom stereocenters. The topological polar surface area (TPSA) is 113 Å². The number of nitrogens with two attached hydrogens (primary N) is 1. The molecule has 7 nitrogen and oxygen atoms in total. The van der Waals surface area contributed by atoms with Crippen molar-refractivity contribution in [3.8, 4) is 0 Å². The Balaban J connectivity index is 1.45. The summed E-state index contributed by atoms with van der Waals surface area (Å²) in [6.07, 6.45) is 2.24. The van der Waals surface area contributed by atoms with Crippen LogP contribution < -0.4 is 15.4 Å². The molecule has 0 aromatic heterocycles. The largest absolute Gasteiger partial charge is 0.372 e. The maximum atomic E-state index is 13.6. The molecule has 2 heterocycles. The van der Waals surface area contributed by atoms with Gasteiger partial charge in [0.05, 0.1) is 17.1 Å². The minimum absolute atomic E-state index is 0.0794. The van der Waals surface area contributed by atoms with Crippen molar-refractivity contribution < 1.29 is 18.3 Å². The Hall–Kier alpha value is -3.04. The van der Waals surface area contributed by atoms with Crippen LogP contribution in [0, 0.1) is 0 Å². The number of nitrogens with one attached hydrogen (secondary N) is 1. The summed E-state index contributed by atoms with van der Waals surface area (Å²) in [6, 6.07) is 21.0. The number of hydrogen-bond donors (Lipinski definition) is 3. The van der Waals surface area contributed by atoms with Crippen molar-refractivity contribution in [3.05, 3.63) is 95.1 Å². The van der Waals surface area contributed by atoms with E-state index in [1.54, 1.807) is 17.0 Å². The SMILES string of the molecule is NS(=O)(=O)c1ccc(C2(O)C(=O)N(Cc3ccc(C4CCNCC4)cc3)c3ccccc32)cc1. The maximum Gasteiger partial charge on any atom is 0.268 e. The van der Waals surface area contributed by atoms with Crippen LogP contribution in [-0.4, -0.2) is 32.5 Å². The summed E-state index contributed by atoms with van der Waals surface area (Å²) >= 11 is 0. The maximum absolute atomic E-state index is 13.6. The molecule has 0 aliphatic carbocycles. The third kappa shape index (κ3) is 3.92. The summed E-state index contributed by atoms with van der Waals surface area (Å²) in [4.78, 5) is 15.1. The third-order valence-electron chi connectivity index (χ3n) is 6.87. The molecule has 34 heavy (non-hydrogen) atoms. The van der Waals surface area contributed by atoms with Crippen LogP contribution >= 0.6 is 0 Å². The van der Waals surface area contributed by atoms with E-state index in [9.17, 15) is 18.3 Å². The van der Waals surface area contributed by atoms with Gasteiger partial charge in [-0.15, -0.1) is 0 Å². The second-order valence-electron chi connectivity index (χ2n) is 8.95. The Kier molecular flexibility index (Phi) is 5.77. The minimum Gasteiger partial charge on any atom is -0.372 e. The molecule has 1 amide bonds. The van der Waals surface area contributed by atoms with Crippen LogP contribution in [0.1, 0.15) is 41.0 Å². The van der Waals surface area contributed by atoms with Crippen LogP contribution in [0.25, 0.3) is 0 Å². The highest BCUT2D eigenvalue weighted by Crippen LogP contribution is 2.45. The number of rotatable bonds is 5. The second-order valence-corrected chi connectivity index (χ2v) is 10.5. The highest BCUT2D eigenvalue weighted by molar-refractivity contribution is 7.89. The van der Waals surface area contributed by atoms with E-state index in [1.807, 2.05) is 24.3 Å². The number of benzene rings is 3. The van der Waals surface area contributed by atoms with Gasteiger partial charge in [0.1, 0.15) is 0 Å². The first-order chi connectivity index (χ1) is 16.3. The average Bonchev–Trinajstić information content (AvgIpc) is 3.07. The van der Waals surface area contributed by atoms with Crippen LogP contribution in [0.3, 0.4) is 0 Å². The standard InChI is InChI=1S/C26H27N3O4S/c27-34(32,33)22-11-9-21(10-12-22)26(31)23-3-1-2-4-24(23)29(25(26)30)17-18-5-7-19(8-6-18)20-13-15-28-16-14-20/h1-12,20,28,31H,13-17H2,(H2,27,32,33).